The van der Waals surface area contributed by atoms with Gasteiger partial charge in [-0.1, -0.05) is 17.7 Å². The van der Waals surface area contributed by atoms with Crippen molar-refractivity contribution < 1.29 is 13.2 Å². The molecule has 0 aliphatic carbocycles. The van der Waals surface area contributed by atoms with E-state index in [1.165, 1.54) is 25.2 Å². The molecule has 0 fully saturated rings. The maximum absolute atomic E-state index is 12.5. The van der Waals surface area contributed by atoms with E-state index in [2.05, 4.69) is 15.0 Å². The van der Waals surface area contributed by atoms with Gasteiger partial charge in [0.1, 0.15) is 4.90 Å². The molecule has 1 amide bonds. The van der Waals surface area contributed by atoms with E-state index in [9.17, 15) is 13.2 Å². The van der Waals surface area contributed by atoms with Crippen LogP contribution in [0, 0.1) is 0 Å². The lowest BCUT2D eigenvalue weighted by Crippen LogP contribution is -2.28. The van der Waals surface area contributed by atoms with E-state index in [1.54, 1.807) is 31.3 Å². The average Bonchev–Trinajstić information content (AvgIpc) is 2.54. The highest BCUT2D eigenvalue weighted by molar-refractivity contribution is 7.89. The van der Waals surface area contributed by atoms with E-state index in [0.29, 0.717) is 5.69 Å². The van der Waals surface area contributed by atoms with E-state index in [0.717, 1.165) is 0 Å². The van der Waals surface area contributed by atoms with E-state index < -0.39 is 22.0 Å². The molecule has 2 aromatic rings. The van der Waals surface area contributed by atoms with Gasteiger partial charge in [-0.3, -0.25) is 9.78 Å². The van der Waals surface area contributed by atoms with Crippen LogP contribution < -0.4 is 10.0 Å². The number of aromatic nitrogens is 1. The lowest BCUT2D eigenvalue weighted by atomic mass is 10.2. The van der Waals surface area contributed by atoms with E-state index >= 15 is 0 Å². The second-order valence-corrected chi connectivity index (χ2v) is 6.91. The van der Waals surface area contributed by atoms with Crippen molar-refractivity contribution in [1.29, 1.82) is 0 Å². The molecular formula is C15H17Cl2N3O3S. The van der Waals surface area contributed by atoms with E-state index in [4.69, 9.17) is 11.6 Å². The van der Waals surface area contributed by atoms with Gasteiger partial charge in [-0.2, -0.15) is 0 Å². The maximum Gasteiger partial charge on any atom is 0.251 e. The highest BCUT2D eigenvalue weighted by Gasteiger charge is 2.23. The molecule has 9 heteroatoms. The third-order valence-corrected chi connectivity index (χ3v) is 5.20. The van der Waals surface area contributed by atoms with Gasteiger partial charge in [-0.15, -0.1) is 12.4 Å². The number of amides is 1. The molecule has 1 aromatic heterocycles. The Balaban J connectivity index is 0.00000288. The van der Waals surface area contributed by atoms with Crippen molar-refractivity contribution in [3.8, 4) is 0 Å². The Labute approximate surface area is 152 Å². The number of benzene rings is 1. The molecule has 0 aliphatic heterocycles. The Morgan fingerprint density at radius 1 is 1.25 bits per heavy atom. The molecule has 0 saturated heterocycles. The first-order valence-corrected chi connectivity index (χ1v) is 8.66. The number of rotatable bonds is 5. The summed E-state index contributed by atoms with van der Waals surface area (Å²) in [6, 6.07) is 8.78. The lowest BCUT2D eigenvalue weighted by molar-refractivity contribution is 0.0963. The second kappa shape index (κ2) is 8.43. The lowest BCUT2D eigenvalue weighted by Gasteiger charge is -2.15. The summed E-state index contributed by atoms with van der Waals surface area (Å²) >= 11 is 5.99. The van der Waals surface area contributed by atoms with Gasteiger partial charge in [0, 0.05) is 18.8 Å². The predicted molar refractivity (Wildman–Crippen MR) is 95.1 cm³/mol. The van der Waals surface area contributed by atoms with Crippen molar-refractivity contribution in [2.24, 2.45) is 0 Å². The molecule has 2 N–H and O–H groups in total. The number of nitrogens with zero attached hydrogens (tertiary/aromatic N) is 1. The van der Waals surface area contributed by atoms with Crippen LogP contribution in [0.25, 0.3) is 0 Å². The molecule has 0 saturated carbocycles. The molecule has 6 nitrogen and oxygen atoms in total. The first-order valence-electron chi connectivity index (χ1n) is 6.80. The number of hydrogen-bond acceptors (Lipinski definition) is 4. The highest BCUT2D eigenvalue weighted by atomic mass is 35.5. The molecular weight excluding hydrogens is 373 g/mol. The minimum atomic E-state index is -3.90. The fourth-order valence-electron chi connectivity index (χ4n) is 1.98. The molecule has 1 aromatic carbocycles. The quantitative estimate of drug-likeness (QED) is 0.822. The van der Waals surface area contributed by atoms with Gasteiger partial charge in [0.05, 0.1) is 16.8 Å². The number of pyridine rings is 1. The predicted octanol–water partition coefficient (Wildman–Crippen LogP) is 2.56. The Bertz CT molecular complexity index is 814. The number of carbonyl (C=O) groups excluding carboxylic acids is 1. The summed E-state index contributed by atoms with van der Waals surface area (Å²) in [6.07, 6.45) is 1.58. The summed E-state index contributed by atoms with van der Waals surface area (Å²) in [6.45, 7) is 1.68. The number of halogens is 2. The van der Waals surface area contributed by atoms with Gasteiger partial charge in [0.25, 0.3) is 5.91 Å². The first kappa shape index (κ1) is 20.4. The summed E-state index contributed by atoms with van der Waals surface area (Å²) in [4.78, 5) is 15.6. The molecule has 2 rings (SSSR count). The van der Waals surface area contributed by atoms with Crippen molar-refractivity contribution in [2.45, 2.75) is 17.9 Å². The van der Waals surface area contributed by atoms with Crippen molar-refractivity contribution in [3.63, 3.8) is 0 Å². The summed E-state index contributed by atoms with van der Waals surface area (Å²) < 4.78 is 27.6. The van der Waals surface area contributed by atoms with Crippen molar-refractivity contribution in [1.82, 2.24) is 15.0 Å². The fourth-order valence-corrected chi connectivity index (χ4v) is 3.73. The van der Waals surface area contributed by atoms with Crippen molar-refractivity contribution in [3.05, 3.63) is 58.9 Å². The second-order valence-electron chi connectivity index (χ2n) is 4.82. The Morgan fingerprint density at radius 2 is 1.96 bits per heavy atom. The molecule has 24 heavy (non-hydrogen) atoms. The van der Waals surface area contributed by atoms with Crippen LogP contribution in [0.15, 0.2) is 47.5 Å². The number of carbonyl (C=O) groups is 1. The molecule has 0 bridgehead atoms. The largest absolute Gasteiger partial charge is 0.355 e. The van der Waals surface area contributed by atoms with Gasteiger partial charge >= 0.3 is 0 Å². The van der Waals surface area contributed by atoms with E-state index in [1.807, 2.05) is 0 Å². The van der Waals surface area contributed by atoms with Gasteiger partial charge in [0.2, 0.25) is 10.0 Å². The van der Waals surface area contributed by atoms with Crippen LogP contribution in [0.3, 0.4) is 0 Å². The minimum absolute atomic E-state index is 0. The van der Waals surface area contributed by atoms with Crippen LogP contribution in [0.2, 0.25) is 5.02 Å². The third-order valence-electron chi connectivity index (χ3n) is 3.17. The molecule has 1 unspecified atom stereocenters. The third kappa shape index (κ3) is 4.67. The fraction of sp³-hybridized carbons (Fsp3) is 0.200. The SMILES string of the molecule is CNC(=O)c1ccc(Cl)c(S(=O)(=O)NC(C)c2ccccn2)c1.Cl. The molecule has 1 heterocycles. The van der Waals surface area contributed by atoms with Crippen LogP contribution in [0.4, 0.5) is 0 Å². The van der Waals surface area contributed by atoms with Crippen molar-refractivity contribution in [2.75, 3.05) is 7.05 Å². The maximum atomic E-state index is 12.5. The Hall–Kier alpha value is -1.67. The van der Waals surface area contributed by atoms with Gasteiger partial charge < -0.3 is 5.32 Å². The van der Waals surface area contributed by atoms with Crippen LogP contribution in [-0.4, -0.2) is 26.4 Å². The molecule has 1 atom stereocenters. The smallest absolute Gasteiger partial charge is 0.251 e. The monoisotopic (exact) mass is 389 g/mol. The summed E-state index contributed by atoms with van der Waals surface area (Å²) in [7, 11) is -2.44. The molecule has 0 aliphatic rings. The summed E-state index contributed by atoms with van der Waals surface area (Å²) in [5, 5.41) is 2.48. The van der Waals surface area contributed by atoms with E-state index in [-0.39, 0.29) is 27.9 Å². The molecule has 130 valence electrons. The molecule has 0 radical (unpaired) electrons. The van der Waals surface area contributed by atoms with Crippen LogP contribution in [-0.2, 0) is 10.0 Å². The minimum Gasteiger partial charge on any atom is -0.355 e. The zero-order valence-corrected chi connectivity index (χ0v) is 15.4. The zero-order chi connectivity index (χ0) is 17.0. The Morgan fingerprint density at radius 3 is 2.54 bits per heavy atom. The average molecular weight is 390 g/mol. The topological polar surface area (TPSA) is 88.2 Å². The Kier molecular flexibility index (Phi) is 7.16. The number of hydrogen-bond donors (Lipinski definition) is 2. The van der Waals surface area contributed by atoms with Crippen LogP contribution >= 0.6 is 24.0 Å². The zero-order valence-electron chi connectivity index (χ0n) is 13.0. The van der Waals surface area contributed by atoms with Crippen molar-refractivity contribution >= 4 is 39.9 Å². The normalized spacial score (nSPS) is 12.1. The highest BCUT2D eigenvalue weighted by Crippen LogP contribution is 2.24. The number of nitrogens with one attached hydrogen (secondary N) is 2. The standard InChI is InChI=1S/C15H16ClN3O3S.ClH/c1-10(13-5-3-4-8-18-13)19-23(21,22)14-9-11(15(20)17-2)6-7-12(14)16;/h3-10,19H,1-2H3,(H,17,20);1H. The summed E-state index contributed by atoms with van der Waals surface area (Å²) in [5.41, 5.74) is 0.789. The van der Waals surface area contributed by atoms with Gasteiger partial charge in [-0.25, -0.2) is 13.1 Å². The van der Waals surface area contributed by atoms with Gasteiger partial charge in [-0.05, 0) is 37.3 Å². The van der Waals surface area contributed by atoms with Crippen LogP contribution in [0.5, 0.6) is 0 Å². The first-order chi connectivity index (χ1) is 10.8. The van der Waals surface area contributed by atoms with Gasteiger partial charge in [0.15, 0.2) is 0 Å². The van der Waals surface area contributed by atoms with Crippen LogP contribution in [0.1, 0.15) is 29.0 Å². The molecule has 0 spiro atoms. The summed E-state index contributed by atoms with van der Waals surface area (Å²) in [5.74, 6) is -0.393. The number of sulfonamides is 1.